The van der Waals surface area contributed by atoms with Gasteiger partial charge in [-0.2, -0.15) is 0 Å². The van der Waals surface area contributed by atoms with E-state index in [-0.39, 0.29) is 24.4 Å². The number of carbonyl (C=O) groups is 1. The van der Waals surface area contributed by atoms with Crippen molar-refractivity contribution in [3.05, 3.63) is 53.6 Å². The lowest BCUT2D eigenvalue weighted by atomic mass is 10.1. The first-order valence-electron chi connectivity index (χ1n) is 8.18. The number of rotatable bonds is 4. The summed E-state index contributed by atoms with van der Waals surface area (Å²) in [5.41, 5.74) is 2.46. The van der Waals surface area contributed by atoms with Crippen LogP contribution in [0.2, 0.25) is 0 Å². The van der Waals surface area contributed by atoms with Crippen molar-refractivity contribution in [2.24, 2.45) is 7.05 Å². The van der Waals surface area contributed by atoms with Gasteiger partial charge in [-0.15, -0.1) is 12.4 Å². The van der Waals surface area contributed by atoms with Crippen LogP contribution in [0.3, 0.4) is 0 Å². The first kappa shape index (κ1) is 18.5. The van der Waals surface area contributed by atoms with E-state index in [1.165, 1.54) is 11.1 Å². The van der Waals surface area contributed by atoms with E-state index in [4.69, 9.17) is 0 Å². The van der Waals surface area contributed by atoms with Crippen LogP contribution in [0.15, 0.2) is 36.7 Å². The third-order valence-electron chi connectivity index (χ3n) is 4.47. The average molecular weight is 349 g/mol. The highest BCUT2D eigenvalue weighted by atomic mass is 35.5. The Bertz CT molecular complexity index is 668. The topological polar surface area (TPSA) is 50.2 Å². The summed E-state index contributed by atoms with van der Waals surface area (Å²) < 4.78 is 2.00. The van der Waals surface area contributed by atoms with Crippen molar-refractivity contribution in [2.75, 3.05) is 19.6 Å². The van der Waals surface area contributed by atoms with Crippen molar-refractivity contribution >= 4 is 18.3 Å². The van der Waals surface area contributed by atoms with Crippen LogP contribution in [0.25, 0.3) is 0 Å². The van der Waals surface area contributed by atoms with Gasteiger partial charge in [0.25, 0.3) is 0 Å². The van der Waals surface area contributed by atoms with Crippen LogP contribution in [0.1, 0.15) is 29.4 Å². The highest BCUT2D eigenvalue weighted by molar-refractivity contribution is 5.85. The largest absolute Gasteiger partial charge is 0.336 e. The van der Waals surface area contributed by atoms with E-state index in [0.717, 1.165) is 31.9 Å². The lowest BCUT2D eigenvalue weighted by molar-refractivity contribution is -0.134. The molecule has 1 aliphatic rings. The Balaban J connectivity index is 0.00000208. The second-order valence-electron chi connectivity index (χ2n) is 6.19. The van der Waals surface area contributed by atoms with Gasteiger partial charge in [-0.05, 0) is 18.9 Å². The SMILES string of the molecule is Cc1ccc(CCC(=O)N2CCNCC2c2nccn2C)cc1.Cl. The van der Waals surface area contributed by atoms with Crippen LogP contribution >= 0.6 is 12.4 Å². The summed E-state index contributed by atoms with van der Waals surface area (Å²) >= 11 is 0. The average Bonchev–Trinajstić information content (AvgIpc) is 3.00. The second kappa shape index (κ2) is 8.31. The Morgan fingerprint density at radius 3 is 2.75 bits per heavy atom. The normalized spacial score (nSPS) is 17.4. The van der Waals surface area contributed by atoms with Gasteiger partial charge in [-0.1, -0.05) is 29.8 Å². The summed E-state index contributed by atoms with van der Waals surface area (Å²) in [6.07, 6.45) is 5.05. The number of nitrogens with zero attached hydrogens (tertiary/aromatic N) is 3. The Morgan fingerprint density at radius 2 is 2.08 bits per heavy atom. The molecule has 1 aliphatic heterocycles. The van der Waals surface area contributed by atoms with E-state index in [1.807, 2.05) is 22.7 Å². The van der Waals surface area contributed by atoms with E-state index in [1.54, 1.807) is 6.20 Å². The second-order valence-corrected chi connectivity index (χ2v) is 6.19. The zero-order valence-electron chi connectivity index (χ0n) is 14.2. The van der Waals surface area contributed by atoms with Gasteiger partial charge in [-0.3, -0.25) is 4.79 Å². The molecular weight excluding hydrogens is 324 g/mol. The lowest BCUT2D eigenvalue weighted by Crippen LogP contribution is -2.49. The van der Waals surface area contributed by atoms with Gasteiger partial charge in [0.15, 0.2) is 0 Å². The highest BCUT2D eigenvalue weighted by Crippen LogP contribution is 2.21. The molecule has 3 rings (SSSR count). The van der Waals surface area contributed by atoms with Crippen LogP contribution in [-0.4, -0.2) is 40.0 Å². The van der Waals surface area contributed by atoms with Crippen LogP contribution in [-0.2, 0) is 18.3 Å². The summed E-state index contributed by atoms with van der Waals surface area (Å²) in [6, 6.07) is 8.44. The fourth-order valence-electron chi connectivity index (χ4n) is 3.08. The van der Waals surface area contributed by atoms with Crippen molar-refractivity contribution < 1.29 is 4.79 Å². The molecule has 2 aromatic rings. The lowest BCUT2D eigenvalue weighted by Gasteiger charge is -2.35. The maximum atomic E-state index is 12.7. The number of hydrogen-bond donors (Lipinski definition) is 1. The Hall–Kier alpha value is -1.85. The summed E-state index contributed by atoms with van der Waals surface area (Å²) in [7, 11) is 1.98. The molecule has 1 fully saturated rings. The van der Waals surface area contributed by atoms with Crippen LogP contribution in [0.5, 0.6) is 0 Å². The van der Waals surface area contributed by atoms with E-state index >= 15 is 0 Å². The van der Waals surface area contributed by atoms with Crippen molar-refractivity contribution in [1.29, 1.82) is 0 Å². The van der Waals surface area contributed by atoms with Crippen molar-refractivity contribution in [3.8, 4) is 0 Å². The van der Waals surface area contributed by atoms with E-state index in [9.17, 15) is 4.79 Å². The number of imidazole rings is 1. The summed E-state index contributed by atoms with van der Waals surface area (Å²) in [6.45, 7) is 4.43. The molecule has 0 bridgehead atoms. The monoisotopic (exact) mass is 348 g/mol. The molecule has 0 saturated carbocycles. The highest BCUT2D eigenvalue weighted by Gasteiger charge is 2.29. The van der Waals surface area contributed by atoms with E-state index in [0.29, 0.717) is 6.42 Å². The zero-order chi connectivity index (χ0) is 16.2. The third-order valence-corrected chi connectivity index (χ3v) is 4.47. The Kier molecular flexibility index (Phi) is 6.40. The predicted octanol–water partition coefficient (Wildman–Crippen LogP) is 2.26. The molecule has 24 heavy (non-hydrogen) atoms. The standard InChI is InChI=1S/C18H24N4O.ClH/c1-14-3-5-15(6-4-14)7-8-17(23)22-12-9-19-13-16(22)18-20-10-11-21(18)2;/h3-6,10-11,16,19H,7-9,12-13H2,1-2H3;1H. The number of aromatic nitrogens is 2. The molecular formula is C18H25ClN4O. The van der Waals surface area contributed by atoms with Gasteiger partial charge >= 0.3 is 0 Å². The fourth-order valence-corrected chi connectivity index (χ4v) is 3.08. The molecule has 1 N–H and O–H groups in total. The summed E-state index contributed by atoms with van der Waals surface area (Å²) in [4.78, 5) is 19.1. The molecule has 0 aliphatic carbocycles. The smallest absolute Gasteiger partial charge is 0.223 e. The van der Waals surface area contributed by atoms with Gasteiger partial charge in [0, 0.05) is 45.5 Å². The Labute approximate surface area is 149 Å². The first-order valence-corrected chi connectivity index (χ1v) is 8.18. The fraction of sp³-hybridized carbons (Fsp3) is 0.444. The van der Waals surface area contributed by atoms with Crippen LogP contribution in [0, 0.1) is 6.92 Å². The van der Waals surface area contributed by atoms with Gasteiger partial charge in [-0.25, -0.2) is 4.98 Å². The Morgan fingerprint density at radius 1 is 1.33 bits per heavy atom. The first-order chi connectivity index (χ1) is 11.1. The number of benzene rings is 1. The van der Waals surface area contributed by atoms with Crippen LogP contribution in [0.4, 0.5) is 0 Å². The van der Waals surface area contributed by atoms with Crippen molar-refractivity contribution in [1.82, 2.24) is 19.8 Å². The molecule has 1 aromatic heterocycles. The van der Waals surface area contributed by atoms with E-state index < -0.39 is 0 Å². The number of piperazine rings is 1. The zero-order valence-corrected chi connectivity index (χ0v) is 15.1. The van der Waals surface area contributed by atoms with Gasteiger partial charge in [0.2, 0.25) is 5.91 Å². The molecule has 0 spiro atoms. The van der Waals surface area contributed by atoms with Crippen molar-refractivity contribution in [3.63, 3.8) is 0 Å². The molecule has 6 heteroatoms. The number of halogens is 1. The summed E-state index contributed by atoms with van der Waals surface area (Å²) in [5, 5.41) is 3.37. The number of carbonyl (C=O) groups excluding carboxylic acids is 1. The molecule has 2 heterocycles. The molecule has 1 unspecified atom stereocenters. The maximum Gasteiger partial charge on any atom is 0.223 e. The minimum atomic E-state index is 0. The molecule has 1 amide bonds. The predicted molar refractivity (Wildman–Crippen MR) is 97.3 cm³/mol. The van der Waals surface area contributed by atoms with Gasteiger partial charge in [0.05, 0.1) is 0 Å². The molecule has 1 aromatic carbocycles. The molecule has 0 radical (unpaired) electrons. The minimum Gasteiger partial charge on any atom is -0.336 e. The number of nitrogens with one attached hydrogen (secondary N) is 1. The third kappa shape index (κ3) is 4.16. The quantitative estimate of drug-likeness (QED) is 0.922. The van der Waals surface area contributed by atoms with Crippen molar-refractivity contribution in [2.45, 2.75) is 25.8 Å². The van der Waals surface area contributed by atoms with Crippen LogP contribution < -0.4 is 5.32 Å². The molecule has 130 valence electrons. The minimum absolute atomic E-state index is 0. The number of hydrogen-bond acceptors (Lipinski definition) is 3. The number of amides is 1. The summed E-state index contributed by atoms with van der Waals surface area (Å²) in [5.74, 6) is 1.15. The number of aryl methyl sites for hydroxylation is 3. The van der Waals surface area contributed by atoms with Gasteiger partial charge < -0.3 is 14.8 Å². The maximum absolute atomic E-state index is 12.7. The molecule has 1 atom stereocenters. The molecule has 1 saturated heterocycles. The molecule has 5 nitrogen and oxygen atoms in total. The van der Waals surface area contributed by atoms with E-state index in [2.05, 4.69) is 41.5 Å². The van der Waals surface area contributed by atoms with Gasteiger partial charge in [0.1, 0.15) is 11.9 Å².